The summed E-state index contributed by atoms with van der Waals surface area (Å²) in [4.78, 5) is 11.5. The Bertz CT molecular complexity index is 521. The zero-order valence-corrected chi connectivity index (χ0v) is 10.3. The van der Waals surface area contributed by atoms with Gasteiger partial charge in [0.2, 0.25) is 0 Å². The highest BCUT2D eigenvalue weighted by Crippen LogP contribution is 2.20. The van der Waals surface area contributed by atoms with Crippen LogP contribution in [-0.4, -0.2) is 22.4 Å². The molecule has 0 spiro atoms. The highest BCUT2D eigenvalue weighted by atomic mass is 16.6. The van der Waals surface area contributed by atoms with E-state index in [0.717, 1.165) is 11.3 Å². The fourth-order valence-electron chi connectivity index (χ4n) is 1.54. The topological polar surface area (TPSA) is 67.0 Å². The van der Waals surface area contributed by atoms with Crippen LogP contribution in [0.2, 0.25) is 0 Å². The summed E-state index contributed by atoms with van der Waals surface area (Å²) >= 11 is 0. The van der Waals surface area contributed by atoms with Gasteiger partial charge in [-0.2, -0.15) is 5.10 Å². The standard InChI is InChI=1S/C13H15N3O2/c1-9(2)18-13(17)15-11-5-3-4-10(8-11)12-6-7-14-16-12/h3-9H,1-2H3,(H,14,16)(H,15,17). The minimum atomic E-state index is -0.452. The van der Waals surface area contributed by atoms with E-state index in [-0.39, 0.29) is 6.10 Å². The number of rotatable bonds is 3. The molecule has 0 aliphatic heterocycles. The van der Waals surface area contributed by atoms with Crippen LogP contribution in [0.5, 0.6) is 0 Å². The van der Waals surface area contributed by atoms with Gasteiger partial charge in [0.25, 0.3) is 0 Å². The second-order valence-corrected chi connectivity index (χ2v) is 4.13. The van der Waals surface area contributed by atoms with Crippen LogP contribution < -0.4 is 5.32 Å². The van der Waals surface area contributed by atoms with Crippen molar-refractivity contribution in [3.8, 4) is 11.3 Å². The normalized spacial score (nSPS) is 10.4. The van der Waals surface area contributed by atoms with Gasteiger partial charge in [0.1, 0.15) is 0 Å². The number of benzene rings is 1. The average molecular weight is 245 g/mol. The van der Waals surface area contributed by atoms with Crippen LogP contribution in [0.4, 0.5) is 10.5 Å². The summed E-state index contributed by atoms with van der Waals surface area (Å²) < 4.78 is 5.01. The lowest BCUT2D eigenvalue weighted by Crippen LogP contribution is -2.17. The molecular weight excluding hydrogens is 230 g/mol. The van der Waals surface area contributed by atoms with E-state index in [1.165, 1.54) is 0 Å². The maximum absolute atomic E-state index is 11.5. The molecule has 0 saturated heterocycles. The molecule has 0 atom stereocenters. The van der Waals surface area contributed by atoms with Gasteiger partial charge in [-0.1, -0.05) is 12.1 Å². The molecule has 1 aromatic carbocycles. The van der Waals surface area contributed by atoms with E-state index >= 15 is 0 Å². The Labute approximate surface area is 105 Å². The number of nitrogens with zero attached hydrogens (tertiary/aromatic N) is 1. The Morgan fingerprint density at radius 1 is 1.39 bits per heavy atom. The van der Waals surface area contributed by atoms with Crippen molar-refractivity contribution in [1.29, 1.82) is 0 Å². The number of ether oxygens (including phenoxy) is 1. The third-order valence-corrected chi connectivity index (χ3v) is 2.26. The van der Waals surface area contributed by atoms with Crippen molar-refractivity contribution < 1.29 is 9.53 Å². The fraction of sp³-hybridized carbons (Fsp3) is 0.231. The predicted octanol–water partition coefficient (Wildman–Crippen LogP) is 3.03. The molecule has 0 fully saturated rings. The molecule has 18 heavy (non-hydrogen) atoms. The molecule has 0 bridgehead atoms. The van der Waals surface area contributed by atoms with Crippen LogP contribution in [-0.2, 0) is 4.74 Å². The molecule has 0 unspecified atom stereocenters. The summed E-state index contributed by atoms with van der Waals surface area (Å²) in [5.41, 5.74) is 2.54. The molecule has 2 N–H and O–H groups in total. The lowest BCUT2D eigenvalue weighted by molar-refractivity contribution is 0.130. The van der Waals surface area contributed by atoms with E-state index in [4.69, 9.17) is 4.74 Å². The minimum absolute atomic E-state index is 0.138. The Morgan fingerprint density at radius 2 is 2.22 bits per heavy atom. The van der Waals surface area contributed by atoms with Gasteiger partial charge in [-0.25, -0.2) is 4.79 Å². The van der Waals surface area contributed by atoms with Crippen molar-refractivity contribution in [3.05, 3.63) is 36.5 Å². The van der Waals surface area contributed by atoms with Gasteiger partial charge in [-0.3, -0.25) is 10.4 Å². The van der Waals surface area contributed by atoms with Crippen molar-refractivity contribution in [2.45, 2.75) is 20.0 Å². The average Bonchev–Trinajstić information content (AvgIpc) is 2.81. The number of carbonyl (C=O) groups excluding carboxylic acids is 1. The van der Waals surface area contributed by atoms with E-state index in [2.05, 4.69) is 15.5 Å². The highest BCUT2D eigenvalue weighted by Gasteiger charge is 2.06. The van der Waals surface area contributed by atoms with E-state index in [1.807, 2.05) is 24.3 Å². The van der Waals surface area contributed by atoms with E-state index in [1.54, 1.807) is 26.1 Å². The molecule has 94 valence electrons. The first-order chi connectivity index (χ1) is 8.65. The van der Waals surface area contributed by atoms with E-state index < -0.39 is 6.09 Å². The van der Waals surface area contributed by atoms with Gasteiger partial charge < -0.3 is 4.74 Å². The number of nitrogens with one attached hydrogen (secondary N) is 2. The molecule has 0 saturated carbocycles. The molecule has 5 heteroatoms. The van der Waals surface area contributed by atoms with E-state index in [0.29, 0.717) is 5.69 Å². The maximum atomic E-state index is 11.5. The Balaban J connectivity index is 2.11. The lowest BCUT2D eigenvalue weighted by Gasteiger charge is -2.10. The van der Waals surface area contributed by atoms with Gasteiger partial charge in [-0.05, 0) is 32.0 Å². The van der Waals surface area contributed by atoms with Crippen molar-refractivity contribution in [1.82, 2.24) is 10.2 Å². The first-order valence-corrected chi connectivity index (χ1v) is 5.72. The summed E-state index contributed by atoms with van der Waals surface area (Å²) in [6, 6.07) is 9.33. The zero-order valence-electron chi connectivity index (χ0n) is 10.3. The van der Waals surface area contributed by atoms with Crippen LogP contribution in [0.1, 0.15) is 13.8 Å². The third-order valence-electron chi connectivity index (χ3n) is 2.26. The van der Waals surface area contributed by atoms with Crippen molar-refractivity contribution in [2.75, 3.05) is 5.32 Å². The second-order valence-electron chi connectivity index (χ2n) is 4.13. The Morgan fingerprint density at radius 3 is 2.89 bits per heavy atom. The molecule has 2 aromatic rings. The van der Waals surface area contributed by atoms with Gasteiger partial charge in [0, 0.05) is 17.4 Å². The van der Waals surface area contributed by atoms with Crippen molar-refractivity contribution in [2.24, 2.45) is 0 Å². The van der Waals surface area contributed by atoms with Crippen molar-refractivity contribution in [3.63, 3.8) is 0 Å². The third kappa shape index (κ3) is 3.10. The number of anilines is 1. The summed E-state index contributed by atoms with van der Waals surface area (Å²) in [5.74, 6) is 0. The number of hydrogen-bond donors (Lipinski definition) is 2. The molecule has 0 aliphatic rings. The second kappa shape index (κ2) is 5.35. The number of aromatic amines is 1. The Hall–Kier alpha value is -2.30. The van der Waals surface area contributed by atoms with Crippen LogP contribution in [0, 0.1) is 0 Å². The zero-order chi connectivity index (χ0) is 13.0. The summed E-state index contributed by atoms with van der Waals surface area (Å²) in [6.45, 7) is 3.61. The molecule has 1 heterocycles. The lowest BCUT2D eigenvalue weighted by atomic mass is 10.1. The number of carbonyl (C=O) groups is 1. The van der Waals surface area contributed by atoms with Gasteiger partial charge >= 0.3 is 6.09 Å². The molecule has 0 aliphatic carbocycles. The molecular formula is C13H15N3O2. The SMILES string of the molecule is CC(C)OC(=O)Nc1cccc(-c2ccn[nH]2)c1. The maximum Gasteiger partial charge on any atom is 0.411 e. The smallest absolute Gasteiger partial charge is 0.411 e. The molecule has 1 amide bonds. The first-order valence-electron chi connectivity index (χ1n) is 5.72. The van der Waals surface area contributed by atoms with Gasteiger partial charge in [0.05, 0.1) is 11.8 Å². The molecule has 5 nitrogen and oxygen atoms in total. The quantitative estimate of drug-likeness (QED) is 0.873. The number of aromatic nitrogens is 2. The summed E-state index contributed by atoms with van der Waals surface area (Å²) in [6.07, 6.45) is 1.09. The monoisotopic (exact) mass is 245 g/mol. The highest BCUT2D eigenvalue weighted by molar-refractivity contribution is 5.85. The molecule has 0 radical (unpaired) electrons. The first kappa shape index (κ1) is 12.2. The number of amides is 1. The van der Waals surface area contributed by atoms with Crippen molar-refractivity contribution >= 4 is 11.8 Å². The van der Waals surface area contributed by atoms with Crippen LogP contribution >= 0.6 is 0 Å². The van der Waals surface area contributed by atoms with Crippen LogP contribution in [0.15, 0.2) is 36.5 Å². The molecule has 1 aromatic heterocycles. The van der Waals surface area contributed by atoms with Crippen LogP contribution in [0.25, 0.3) is 11.3 Å². The van der Waals surface area contributed by atoms with Crippen LogP contribution in [0.3, 0.4) is 0 Å². The largest absolute Gasteiger partial charge is 0.447 e. The van der Waals surface area contributed by atoms with Gasteiger partial charge in [-0.15, -0.1) is 0 Å². The number of H-pyrrole nitrogens is 1. The fourth-order valence-corrected chi connectivity index (χ4v) is 1.54. The summed E-state index contributed by atoms with van der Waals surface area (Å²) in [7, 11) is 0. The van der Waals surface area contributed by atoms with E-state index in [9.17, 15) is 4.79 Å². The molecule has 2 rings (SSSR count). The Kier molecular flexibility index (Phi) is 3.62. The minimum Gasteiger partial charge on any atom is -0.447 e. The van der Waals surface area contributed by atoms with Gasteiger partial charge in [0.15, 0.2) is 0 Å². The predicted molar refractivity (Wildman–Crippen MR) is 69.3 cm³/mol. The number of hydrogen-bond acceptors (Lipinski definition) is 3. The summed E-state index contributed by atoms with van der Waals surface area (Å²) in [5, 5.41) is 9.44.